The molecule has 0 unspecified atom stereocenters. The van der Waals surface area contributed by atoms with E-state index in [1.807, 2.05) is 13.8 Å². The quantitative estimate of drug-likeness (QED) is 0.946. The maximum Gasteiger partial charge on any atom is 0.431 e. The first-order valence-corrected chi connectivity index (χ1v) is 6.21. The van der Waals surface area contributed by atoms with Crippen LogP contribution in [0.3, 0.4) is 0 Å². The number of halogens is 3. The van der Waals surface area contributed by atoms with Crippen molar-refractivity contribution in [3.63, 3.8) is 0 Å². The average Bonchev–Trinajstić information content (AvgIpc) is 2.37. The third-order valence-electron chi connectivity index (χ3n) is 2.57. The van der Waals surface area contributed by atoms with Gasteiger partial charge in [-0.2, -0.15) is 18.2 Å². The van der Waals surface area contributed by atoms with E-state index in [0.717, 1.165) is 6.07 Å². The zero-order valence-corrected chi connectivity index (χ0v) is 11.4. The van der Waals surface area contributed by atoms with Gasteiger partial charge in [-0.3, -0.25) is 0 Å². The molecule has 2 aromatic rings. The number of alkyl halides is 3. The summed E-state index contributed by atoms with van der Waals surface area (Å²) in [6, 6.07) is 7.15. The van der Waals surface area contributed by atoms with Gasteiger partial charge in [-0.15, -0.1) is 0 Å². The molecule has 0 aliphatic heterocycles. The van der Waals surface area contributed by atoms with Crippen LogP contribution in [0.4, 0.5) is 13.2 Å². The van der Waals surface area contributed by atoms with Crippen LogP contribution in [0.25, 0.3) is 11.3 Å². The predicted octanol–water partition coefficient (Wildman–Crippen LogP) is 3.24. The van der Waals surface area contributed by atoms with Gasteiger partial charge in [-0.1, -0.05) is 0 Å². The minimum absolute atomic E-state index is 0.00891. The van der Waals surface area contributed by atoms with Gasteiger partial charge in [0, 0.05) is 5.56 Å². The van der Waals surface area contributed by atoms with Gasteiger partial charge >= 0.3 is 11.9 Å². The van der Waals surface area contributed by atoms with Crippen molar-refractivity contribution < 1.29 is 17.9 Å². The van der Waals surface area contributed by atoms with Crippen molar-refractivity contribution in [1.82, 2.24) is 9.97 Å². The summed E-state index contributed by atoms with van der Waals surface area (Å²) in [7, 11) is 0. The SMILES string of the molecule is CC(C)Oc1ccc(-c2cc(C(F)(F)F)[nH]c(=O)n2)cc1. The lowest BCUT2D eigenvalue weighted by molar-refractivity contribution is -0.141. The number of hydrogen-bond donors (Lipinski definition) is 1. The summed E-state index contributed by atoms with van der Waals surface area (Å²) < 4.78 is 43.4. The number of aromatic nitrogens is 2. The molecule has 0 amide bonds. The van der Waals surface area contributed by atoms with Crippen LogP contribution in [0, 0.1) is 0 Å². The van der Waals surface area contributed by atoms with E-state index in [9.17, 15) is 18.0 Å². The Morgan fingerprint density at radius 2 is 1.81 bits per heavy atom. The minimum Gasteiger partial charge on any atom is -0.491 e. The summed E-state index contributed by atoms with van der Waals surface area (Å²) in [4.78, 5) is 16.5. The summed E-state index contributed by atoms with van der Waals surface area (Å²) in [5.41, 5.74) is -1.80. The molecule has 21 heavy (non-hydrogen) atoms. The Labute approximate surface area is 118 Å². The molecule has 0 aliphatic carbocycles. The Morgan fingerprint density at radius 1 is 1.19 bits per heavy atom. The van der Waals surface area contributed by atoms with Crippen molar-refractivity contribution in [2.24, 2.45) is 0 Å². The molecule has 112 valence electrons. The standard InChI is InChI=1S/C14H13F3N2O2/c1-8(2)21-10-5-3-9(4-6-10)11-7-12(14(15,16)17)19-13(20)18-11/h3-8H,1-2H3,(H,18,19,20). The van der Waals surface area contributed by atoms with Crippen LogP contribution in [0.1, 0.15) is 19.5 Å². The number of nitrogens with zero attached hydrogens (tertiary/aromatic N) is 1. The third kappa shape index (κ3) is 3.84. The normalized spacial score (nSPS) is 11.7. The maximum atomic E-state index is 12.7. The van der Waals surface area contributed by atoms with Crippen molar-refractivity contribution in [2.75, 3.05) is 0 Å². The van der Waals surface area contributed by atoms with E-state index in [1.54, 1.807) is 29.2 Å². The van der Waals surface area contributed by atoms with Crippen LogP contribution in [0.15, 0.2) is 35.1 Å². The van der Waals surface area contributed by atoms with Gasteiger partial charge in [0.2, 0.25) is 0 Å². The summed E-state index contributed by atoms with van der Waals surface area (Å²) in [6.45, 7) is 3.73. The maximum absolute atomic E-state index is 12.7. The number of aromatic amines is 1. The van der Waals surface area contributed by atoms with Crippen LogP contribution < -0.4 is 10.4 Å². The molecule has 0 fully saturated rings. The van der Waals surface area contributed by atoms with E-state index in [-0.39, 0.29) is 11.8 Å². The minimum atomic E-state index is -4.63. The lowest BCUT2D eigenvalue weighted by Gasteiger charge is -2.10. The van der Waals surface area contributed by atoms with Crippen LogP contribution in [-0.2, 0) is 6.18 Å². The first-order valence-electron chi connectivity index (χ1n) is 6.21. The average molecular weight is 298 g/mol. The fourth-order valence-electron chi connectivity index (χ4n) is 1.73. The lowest BCUT2D eigenvalue weighted by Crippen LogP contribution is -2.19. The van der Waals surface area contributed by atoms with Crippen LogP contribution in [0.5, 0.6) is 5.75 Å². The topological polar surface area (TPSA) is 55.0 Å². The van der Waals surface area contributed by atoms with Gasteiger partial charge in [0.1, 0.15) is 11.4 Å². The van der Waals surface area contributed by atoms with Gasteiger partial charge in [0.25, 0.3) is 0 Å². The van der Waals surface area contributed by atoms with Gasteiger partial charge in [-0.25, -0.2) is 4.79 Å². The van der Waals surface area contributed by atoms with Crippen molar-refractivity contribution in [3.8, 4) is 17.0 Å². The highest BCUT2D eigenvalue weighted by Crippen LogP contribution is 2.29. The summed E-state index contributed by atoms with van der Waals surface area (Å²) in [5.74, 6) is 0.592. The number of nitrogens with one attached hydrogen (secondary N) is 1. The highest BCUT2D eigenvalue weighted by atomic mass is 19.4. The highest BCUT2D eigenvalue weighted by molar-refractivity contribution is 5.60. The van der Waals surface area contributed by atoms with Crippen molar-refractivity contribution in [3.05, 3.63) is 46.5 Å². The van der Waals surface area contributed by atoms with Crippen LogP contribution in [0.2, 0.25) is 0 Å². The van der Waals surface area contributed by atoms with Crippen molar-refractivity contribution in [2.45, 2.75) is 26.1 Å². The van der Waals surface area contributed by atoms with Crippen molar-refractivity contribution >= 4 is 0 Å². The largest absolute Gasteiger partial charge is 0.491 e. The second-order valence-corrected chi connectivity index (χ2v) is 4.67. The molecule has 1 heterocycles. The Morgan fingerprint density at radius 3 is 2.33 bits per heavy atom. The Hall–Kier alpha value is -2.31. The summed E-state index contributed by atoms with van der Waals surface area (Å²) in [6.07, 6.45) is -4.64. The number of benzene rings is 1. The molecule has 1 N–H and O–H groups in total. The number of rotatable bonds is 3. The molecule has 0 spiro atoms. The monoisotopic (exact) mass is 298 g/mol. The molecule has 1 aromatic carbocycles. The number of H-pyrrole nitrogens is 1. The molecule has 7 heteroatoms. The molecule has 0 atom stereocenters. The summed E-state index contributed by atoms with van der Waals surface area (Å²) >= 11 is 0. The molecule has 0 bridgehead atoms. The first kappa shape index (κ1) is 15.1. The van der Waals surface area contributed by atoms with E-state index >= 15 is 0 Å². The zero-order chi connectivity index (χ0) is 15.6. The molecule has 4 nitrogen and oxygen atoms in total. The number of ether oxygens (including phenoxy) is 1. The van der Waals surface area contributed by atoms with Gasteiger partial charge in [-0.05, 0) is 44.2 Å². The molecule has 0 aliphatic rings. The zero-order valence-electron chi connectivity index (χ0n) is 11.4. The fraction of sp³-hybridized carbons (Fsp3) is 0.286. The Balaban J connectivity index is 2.38. The number of hydrogen-bond acceptors (Lipinski definition) is 3. The van der Waals surface area contributed by atoms with Gasteiger partial charge in [0.05, 0.1) is 11.8 Å². The first-order chi connectivity index (χ1) is 9.75. The molecule has 0 saturated carbocycles. The molecule has 1 aromatic heterocycles. The molecule has 2 rings (SSSR count). The van der Waals surface area contributed by atoms with Gasteiger partial charge in [0.15, 0.2) is 0 Å². The highest BCUT2D eigenvalue weighted by Gasteiger charge is 2.32. The van der Waals surface area contributed by atoms with Gasteiger partial charge < -0.3 is 9.72 Å². The van der Waals surface area contributed by atoms with Crippen molar-refractivity contribution in [1.29, 1.82) is 0 Å². The molecular weight excluding hydrogens is 285 g/mol. The Bertz CT molecular complexity index is 676. The van der Waals surface area contributed by atoms with E-state index in [2.05, 4.69) is 4.98 Å². The predicted molar refractivity (Wildman–Crippen MR) is 71.1 cm³/mol. The van der Waals surface area contributed by atoms with E-state index in [4.69, 9.17) is 4.74 Å². The molecular formula is C14H13F3N2O2. The fourth-order valence-corrected chi connectivity index (χ4v) is 1.73. The Kier molecular flexibility index (Phi) is 4.02. The van der Waals surface area contributed by atoms with Crippen LogP contribution in [-0.4, -0.2) is 16.1 Å². The van der Waals surface area contributed by atoms with E-state index < -0.39 is 17.6 Å². The molecule has 0 radical (unpaired) electrons. The summed E-state index contributed by atoms with van der Waals surface area (Å²) in [5, 5.41) is 0. The van der Waals surface area contributed by atoms with E-state index in [1.165, 1.54) is 0 Å². The lowest BCUT2D eigenvalue weighted by atomic mass is 10.1. The second kappa shape index (κ2) is 5.59. The second-order valence-electron chi connectivity index (χ2n) is 4.67. The van der Waals surface area contributed by atoms with Crippen LogP contribution >= 0.6 is 0 Å². The third-order valence-corrected chi connectivity index (χ3v) is 2.57. The smallest absolute Gasteiger partial charge is 0.431 e. The van der Waals surface area contributed by atoms with E-state index in [0.29, 0.717) is 11.3 Å². The molecule has 0 saturated heterocycles.